The Labute approximate surface area is 105 Å². The molecule has 0 radical (unpaired) electrons. The third-order valence-corrected chi connectivity index (χ3v) is 4.21. The van der Waals surface area contributed by atoms with Crippen LogP contribution in [0.4, 0.5) is 0 Å². The van der Waals surface area contributed by atoms with Crippen LogP contribution in [-0.4, -0.2) is 29.0 Å². The van der Waals surface area contributed by atoms with Gasteiger partial charge in [-0.05, 0) is 31.0 Å². The number of nitrogens with two attached hydrogens (primary N) is 1. The number of nitrogens with zero attached hydrogens (tertiary/aromatic N) is 2. The van der Waals surface area contributed by atoms with Gasteiger partial charge in [-0.15, -0.1) is 11.3 Å². The summed E-state index contributed by atoms with van der Waals surface area (Å²) in [5.41, 5.74) is 8.41. The Morgan fingerprint density at radius 1 is 1.53 bits per heavy atom. The third kappa shape index (κ3) is 2.34. The summed E-state index contributed by atoms with van der Waals surface area (Å²) < 4.78 is 1.29. The SMILES string of the molecule is Cc1nc2ccc(CN3CC[C@H](N)C3)cc2s1. The lowest BCUT2D eigenvalue weighted by Gasteiger charge is -2.14. The van der Waals surface area contributed by atoms with Crippen LogP contribution in [0.25, 0.3) is 10.2 Å². The molecule has 1 saturated heterocycles. The monoisotopic (exact) mass is 247 g/mol. The molecule has 0 spiro atoms. The van der Waals surface area contributed by atoms with Crippen LogP contribution in [0.15, 0.2) is 18.2 Å². The topological polar surface area (TPSA) is 42.2 Å². The van der Waals surface area contributed by atoms with Gasteiger partial charge >= 0.3 is 0 Å². The van der Waals surface area contributed by atoms with Gasteiger partial charge < -0.3 is 5.73 Å². The number of rotatable bonds is 2. The van der Waals surface area contributed by atoms with Crippen LogP contribution in [0, 0.1) is 6.92 Å². The maximum atomic E-state index is 5.92. The predicted octanol–water partition coefficient (Wildman–Crippen LogP) is 2.14. The zero-order valence-electron chi connectivity index (χ0n) is 10.0. The molecule has 1 aliphatic rings. The molecule has 90 valence electrons. The molecule has 1 aromatic carbocycles. The molecule has 0 bridgehead atoms. The van der Waals surface area contributed by atoms with E-state index in [0.29, 0.717) is 6.04 Å². The minimum absolute atomic E-state index is 0.365. The number of hydrogen-bond acceptors (Lipinski definition) is 4. The van der Waals surface area contributed by atoms with Crippen molar-refractivity contribution < 1.29 is 0 Å². The van der Waals surface area contributed by atoms with Crippen LogP contribution >= 0.6 is 11.3 Å². The Morgan fingerprint density at radius 3 is 3.18 bits per heavy atom. The first-order valence-corrected chi connectivity index (χ1v) is 6.86. The summed E-state index contributed by atoms with van der Waals surface area (Å²) in [7, 11) is 0. The van der Waals surface area contributed by atoms with Crippen molar-refractivity contribution >= 4 is 21.6 Å². The normalized spacial score (nSPS) is 21.4. The van der Waals surface area contributed by atoms with Gasteiger partial charge in [0.25, 0.3) is 0 Å². The van der Waals surface area contributed by atoms with Crippen LogP contribution in [0.2, 0.25) is 0 Å². The van der Waals surface area contributed by atoms with Crippen LogP contribution in [0.1, 0.15) is 17.0 Å². The molecule has 0 unspecified atom stereocenters. The molecule has 3 nitrogen and oxygen atoms in total. The van der Waals surface area contributed by atoms with E-state index in [0.717, 1.165) is 36.6 Å². The van der Waals surface area contributed by atoms with Crippen LogP contribution in [0.3, 0.4) is 0 Å². The van der Waals surface area contributed by atoms with Crippen molar-refractivity contribution in [1.82, 2.24) is 9.88 Å². The molecule has 2 N–H and O–H groups in total. The second kappa shape index (κ2) is 4.37. The molecule has 1 aromatic heterocycles. The summed E-state index contributed by atoms with van der Waals surface area (Å²) >= 11 is 1.77. The predicted molar refractivity (Wildman–Crippen MR) is 72.2 cm³/mol. The maximum absolute atomic E-state index is 5.92. The van der Waals surface area contributed by atoms with Crippen molar-refractivity contribution in [2.24, 2.45) is 5.73 Å². The molecule has 1 atom stereocenters. The maximum Gasteiger partial charge on any atom is 0.0907 e. The lowest BCUT2D eigenvalue weighted by Crippen LogP contribution is -2.26. The van der Waals surface area contributed by atoms with E-state index in [1.165, 1.54) is 10.3 Å². The van der Waals surface area contributed by atoms with E-state index in [1.807, 2.05) is 0 Å². The first-order chi connectivity index (χ1) is 8.20. The number of aryl methyl sites for hydroxylation is 1. The average Bonchev–Trinajstić information content (AvgIpc) is 2.83. The Hall–Kier alpha value is -0.970. The van der Waals surface area contributed by atoms with Gasteiger partial charge in [-0.2, -0.15) is 0 Å². The lowest BCUT2D eigenvalue weighted by atomic mass is 10.2. The Balaban J connectivity index is 1.80. The molecule has 0 saturated carbocycles. The highest BCUT2D eigenvalue weighted by Gasteiger charge is 2.18. The number of hydrogen-bond donors (Lipinski definition) is 1. The van der Waals surface area contributed by atoms with Gasteiger partial charge in [-0.3, -0.25) is 4.90 Å². The molecule has 3 rings (SSSR count). The van der Waals surface area contributed by atoms with E-state index in [2.05, 4.69) is 35.0 Å². The van der Waals surface area contributed by atoms with Gasteiger partial charge in [0.15, 0.2) is 0 Å². The lowest BCUT2D eigenvalue weighted by molar-refractivity contribution is 0.327. The van der Waals surface area contributed by atoms with Gasteiger partial charge in [0.05, 0.1) is 15.2 Å². The minimum Gasteiger partial charge on any atom is -0.326 e. The molecule has 17 heavy (non-hydrogen) atoms. The third-order valence-electron chi connectivity index (χ3n) is 3.27. The van der Waals surface area contributed by atoms with E-state index < -0.39 is 0 Å². The zero-order chi connectivity index (χ0) is 11.8. The molecule has 1 aliphatic heterocycles. The van der Waals surface area contributed by atoms with Crippen LogP contribution < -0.4 is 5.73 Å². The van der Waals surface area contributed by atoms with Gasteiger partial charge in [0.1, 0.15) is 0 Å². The van der Waals surface area contributed by atoms with Crippen molar-refractivity contribution in [1.29, 1.82) is 0 Å². The highest BCUT2D eigenvalue weighted by atomic mass is 32.1. The number of likely N-dealkylation sites (tertiary alicyclic amines) is 1. The largest absolute Gasteiger partial charge is 0.326 e. The second-order valence-electron chi connectivity index (χ2n) is 4.82. The Morgan fingerprint density at radius 2 is 2.41 bits per heavy atom. The van der Waals surface area contributed by atoms with Gasteiger partial charge in [-0.25, -0.2) is 4.98 Å². The van der Waals surface area contributed by atoms with Crippen molar-refractivity contribution in [3.63, 3.8) is 0 Å². The fourth-order valence-electron chi connectivity index (χ4n) is 2.45. The number of thiazole rings is 1. The molecule has 2 aromatic rings. The fraction of sp³-hybridized carbons (Fsp3) is 0.462. The van der Waals surface area contributed by atoms with Gasteiger partial charge in [0.2, 0.25) is 0 Å². The Bertz CT molecular complexity index is 534. The molecule has 2 heterocycles. The summed E-state index contributed by atoms with van der Waals surface area (Å²) in [6, 6.07) is 6.95. The quantitative estimate of drug-likeness (QED) is 0.884. The summed E-state index contributed by atoms with van der Waals surface area (Å²) in [5, 5.41) is 1.14. The van der Waals surface area contributed by atoms with Crippen molar-refractivity contribution in [3.05, 3.63) is 28.8 Å². The van der Waals surface area contributed by atoms with Crippen molar-refractivity contribution in [2.45, 2.75) is 25.9 Å². The van der Waals surface area contributed by atoms with E-state index >= 15 is 0 Å². The standard InChI is InChI=1S/C13H17N3S/c1-9-15-12-3-2-10(6-13(12)17-9)7-16-5-4-11(14)8-16/h2-3,6,11H,4-5,7-8,14H2,1H3/t11-/m0/s1. The van der Waals surface area contributed by atoms with E-state index in [1.54, 1.807) is 11.3 Å². The average molecular weight is 247 g/mol. The highest BCUT2D eigenvalue weighted by Crippen LogP contribution is 2.23. The number of benzene rings is 1. The van der Waals surface area contributed by atoms with Gasteiger partial charge in [0, 0.05) is 25.7 Å². The van der Waals surface area contributed by atoms with E-state index in [-0.39, 0.29) is 0 Å². The number of fused-ring (bicyclic) bond motifs is 1. The summed E-state index contributed by atoms with van der Waals surface area (Å²) in [5.74, 6) is 0. The first kappa shape index (κ1) is 11.1. The van der Waals surface area contributed by atoms with E-state index in [4.69, 9.17) is 5.73 Å². The molecule has 0 amide bonds. The molecule has 1 fully saturated rings. The van der Waals surface area contributed by atoms with E-state index in [9.17, 15) is 0 Å². The fourth-order valence-corrected chi connectivity index (χ4v) is 3.34. The molecular weight excluding hydrogens is 230 g/mol. The molecule has 4 heteroatoms. The number of aromatic nitrogens is 1. The Kier molecular flexibility index (Phi) is 2.86. The first-order valence-electron chi connectivity index (χ1n) is 6.05. The van der Waals surface area contributed by atoms with Crippen molar-refractivity contribution in [3.8, 4) is 0 Å². The smallest absolute Gasteiger partial charge is 0.0907 e. The summed E-state index contributed by atoms with van der Waals surface area (Å²) in [6.07, 6.45) is 1.13. The van der Waals surface area contributed by atoms with Crippen molar-refractivity contribution in [2.75, 3.05) is 13.1 Å². The van der Waals surface area contributed by atoms with Crippen LogP contribution in [0.5, 0.6) is 0 Å². The molecule has 0 aliphatic carbocycles. The van der Waals surface area contributed by atoms with Gasteiger partial charge in [-0.1, -0.05) is 6.07 Å². The summed E-state index contributed by atoms with van der Waals surface area (Å²) in [4.78, 5) is 6.91. The minimum atomic E-state index is 0.365. The highest BCUT2D eigenvalue weighted by molar-refractivity contribution is 7.18. The zero-order valence-corrected chi connectivity index (χ0v) is 10.8. The molecular formula is C13H17N3S. The second-order valence-corrected chi connectivity index (χ2v) is 6.05. The summed E-state index contributed by atoms with van der Waals surface area (Å²) in [6.45, 7) is 5.23. The van der Waals surface area contributed by atoms with Crippen LogP contribution in [-0.2, 0) is 6.54 Å².